The number of likely N-dealkylation sites (tertiary alicyclic amines) is 1. The van der Waals surface area contributed by atoms with E-state index in [2.05, 4.69) is 20.9 Å². The smallest absolute Gasteiger partial charge is 0.258 e. The van der Waals surface area contributed by atoms with Gasteiger partial charge in [-0.25, -0.2) is 0 Å². The van der Waals surface area contributed by atoms with Crippen LogP contribution in [0, 0.1) is 0 Å². The molecule has 27 heavy (non-hydrogen) atoms. The molecule has 3 rings (SSSR count). The van der Waals surface area contributed by atoms with E-state index in [1.807, 2.05) is 27.7 Å². The molecule has 6 nitrogen and oxygen atoms in total. The Labute approximate surface area is 174 Å². The van der Waals surface area contributed by atoms with Crippen LogP contribution in [0.2, 0.25) is 0 Å². The van der Waals surface area contributed by atoms with E-state index in [1.165, 1.54) is 23.1 Å². The number of hydrogen-bond donors (Lipinski definition) is 0. The van der Waals surface area contributed by atoms with Crippen molar-refractivity contribution in [2.75, 3.05) is 38.3 Å². The van der Waals surface area contributed by atoms with Gasteiger partial charge in [0.2, 0.25) is 5.91 Å². The average Bonchev–Trinajstić information content (AvgIpc) is 3.27. The number of thiazole rings is 1. The highest BCUT2D eigenvalue weighted by molar-refractivity contribution is 9.10. The Kier molecular flexibility index (Phi) is 7.51. The maximum Gasteiger partial charge on any atom is 0.258 e. The van der Waals surface area contributed by atoms with Crippen LogP contribution in [0.25, 0.3) is 10.2 Å². The summed E-state index contributed by atoms with van der Waals surface area (Å²) in [7, 11) is 1.65. The molecule has 146 valence electrons. The van der Waals surface area contributed by atoms with E-state index in [0.717, 1.165) is 40.6 Å². The number of fused-ring (bicyclic) bond motifs is 1. The molecule has 0 aliphatic carbocycles. The number of carbonyl (C=O) groups excluding carboxylic acids is 2. The van der Waals surface area contributed by atoms with Crippen molar-refractivity contribution in [3.05, 3.63) is 27.5 Å². The number of hydrogen-bond acceptors (Lipinski definition) is 5. The Bertz CT molecular complexity index is 888. The molecule has 0 bridgehead atoms. The van der Waals surface area contributed by atoms with Crippen LogP contribution in [-0.4, -0.2) is 59.6 Å². The summed E-state index contributed by atoms with van der Waals surface area (Å²) in [5, 5.41) is 0. The predicted molar refractivity (Wildman–Crippen MR) is 113 cm³/mol. The lowest BCUT2D eigenvalue weighted by molar-refractivity contribution is -0.127. The van der Waals surface area contributed by atoms with Crippen molar-refractivity contribution in [1.29, 1.82) is 0 Å². The van der Waals surface area contributed by atoms with Crippen LogP contribution in [0.15, 0.2) is 27.7 Å². The lowest BCUT2D eigenvalue weighted by Crippen LogP contribution is -2.29. The fourth-order valence-electron chi connectivity index (χ4n) is 2.95. The molecule has 0 radical (unpaired) electrons. The number of aromatic nitrogens is 1. The second kappa shape index (κ2) is 9.86. The van der Waals surface area contributed by atoms with E-state index in [1.54, 1.807) is 7.11 Å². The van der Waals surface area contributed by atoms with Gasteiger partial charge in [0, 0.05) is 31.2 Å². The van der Waals surface area contributed by atoms with Crippen LogP contribution in [0.5, 0.6) is 0 Å². The van der Waals surface area contributed by atoms with Crippen LogP contribution >= 0.6 is 39.0 Å². The van der Waals surface area contributed by atoms with Crippen molar-refractivity contribution in [2.45, 2.75) is 19.4 Å². The second-order valence-electron chi connectivity index (χ2n) is 6.23. The van der Waals surface area contributed by atoms with Gasteiger partial charge in [-0.3, -0.25) is 9.59 Å². The van der Waals surface area contributed by atoms with E-state index in [4.69, 9.17) is 4.74 Å². The number of rotatable bonds is 7. The first-order valence-electron chi connectivity index (χ1n) is 8.79. The Balaban J connectivity index is 1.69. The van der Waals surface area contributed by atoms with Gasteiger partial charge in [-0.1, -0.05) is 27.3 Å². The lowest BCUT2D eigenvalue weighted by atomic mass is 10.3. The van der Waals surface area contributed by atoms with Gasteiger partial charge in [0.15, 0.2) is 4.80 Å². The highest BCUT2D eigenvalue weighted by Crippen LogP contribution is 2.22. The average molecular weight is 472 g/mol. The zero-order chi connectivity index (χ0) is 19.2. The Morgan fingerprint density at radius 3 is 2.81 bits per heavy atom. The van der Waals surface area contributed by atoms with E-state index in [-0.39, 0.29) is 17.6 Å². The van der Waals surface area contributed by atoms with E-state index >= 15 is 0 Å². The molecule has 0 unspecified atom stereocenters. The molecule has 0 spiro atoms. The lowest BCUT2D eigenvalue weighted by Gasteiger charge is -2.14. The van der Waals surface area contributed by atoms with E-state index in [0.29, 0.717) is 23.7 Å². The second-order valence-corrected chi connectivity index (χ2v) is 9.14. The first kappa shape index (κ1) is 20.6. The van der Waals surface area contributed by atoms with Gasteiger partial charge in [-0.05, 0) is 31.0 Å². The van der Waals surface area contributed by atoms with Crippen molar-refractivity contribution < 1.29 is 14.3 Å². The minimum absolute atomic E-state index is 0.118. The molecular formula is C18H22BrN3O3S2. The SMILES string of the molecule is COCCn1c(=NC(=O)CSCC(=O)N2CCCC2)sc2cc(Br)ccc21. The summed E-state index contributed by atoms with van der Waals surface area (Å²) in [5.74, 6) is 0.449. The highest BCUT2D eigenvalue weighted by atomic mass is 79.9. The Hall–Kier alpha value is -1.16. The van der Waals surface area contributed by atoms with Gasteiger partial charge in [-0.15, -0.1) is 11.8 Å². The number of ether oxygens (including phenoxy) is 1. The number of halogens is 1. The van der Waals surface area contributed by atoms with Crippen LogP contribution in [0.1, 0.15) is 12.8 Å². The molecule has 0 N–H and O–H groups in total. The third-order valence-electron chi connectivity index (χ3n) is 4.29. The quantitative estimate of drug-likeness (QED) is 0.622. The summed E-state index contributed by atoms with van der Waals surface area (Å²) in [5.41, 5.74) is 1.03. The number of amides is 2. The van der Waals surface area contributed by atoms with Gasteiger partial charge in [0.1, 0.15) is 0 Å². The fraction of sp³-hybridized carbons (Fsp3) is 0.500. The molecule has 0 saturated carbocycles. The number of thioether (sulfide) groups is 1. The third-order valence-corrected chi connectivity index (χ3v) is 6.73. The van der Waals surface area contributed by atoms with Crippen molar-refractivity contribution in [3.63, 3.8) is 0 Å². The maximum atomic E-state index is 12.3. The first-order valence-corrected chi connectivity index (χ1v) is 11.6. The normalized spacial score (nSPS) is 15.0. The molecule has 9 heteroatoms. The molecular weight excluding hydrogens is 450 g/mol. The van der Waals surface area contributed by atoms with Crippen molar-refractivity contribution in [1.82, 2.24) is 9.47 Å². The Morgan fingerprint density at radius 1 is 1.30 bits per heavy atom. The fourth-order valence-corrected chi connectivity index (χ4v) is 5.28. The molecule has 1 saturated heterocycles. The van der Waals surface area contributed by atoms with Crippen molar-refractivity contribution in [3.8, 4) is 0 Å². The number of methoxy groups -OCH3 is 1. The van der Waals surface area contributed by atoms with Crippen LogP contribution in [-0.2, 0) is 20.9 Å². The number of carbonyl (C=O) groups is 2. The third kappa shape index (κ3) is 5.43. The zero-order valence-corrected chi connectivity index (χ0v) is 18.4. The van der Waals surface area contributed by atoms with Crippen LogP contribution < -0.4 is 4.80 Å². The summed E-state index contributed by atoms with van der Waals surface area (Å²) in [6, 6.07) is 6.01. The minimum atomic E-state index is -0.217. The zero-order valence-electron chi connectivity index (χ0n) is 15.1. The number of nitrogens with zero attached hydrogens (tertiary/aromatic N) is 3. The van der Waals surface area contributed by atoms with E-state index in [9.17, 15) is 9.59 Å². The van der Waals surface area contributed by atoms with Gasteiger partial charge < -0.3 is 14.2 Å². The largest absolute Gasteiger partial charge is 0.383 e. The molecule has 1 aromatic heterocycles. The van der Waals surface area contributed by atoms with Gasteiger partial charge in [-0.2, -0.15) is 4.99 Å². The minimum Gasteiger partial charge on any atom is -0.383 e. The Morgan fingerprint density at radius 2 is 2.07 bits per heavy atom. The molecule has 2 heterocycles. The molecule has 0 atom stereocenters. The van der Waals surface area contributed by atoms with Crippen molar-refractivity contribution in [2.24, 2.45) is 4.99 Å². The van der Waals surface area contributed by atoms with Gasteiger partial charge in [0.05, 0.1) is 28.3 Å². The number of benzene rings is 1. The van der Waals surface area contributed by atoms with Crippen LogP contribution in [0.4, 0.5) is 0 Å². The topological polar surface area (TPSA) is 63.9 Å². The summed E-state index contributed by atoms with van der Waals surface area (Å²) in [6.45, 7) is 2.86. The predicted octanol–water partition coefficient (Wildman–Crippen LogP) is 2.89. The summed E-state index contributed by atoms with van der Waals surface area (Å²) in [4.78, 5) is 31.2. The first-order chi connectivity index (χ1) is 13.1. The standard InChI is InChI=1S/C18H22BrN3O3S2/c1-25-9-8-22-14-5-4-13(19)10-15(14)27-18(22)20-16(23)11-26-12-17(24)21-6-2-3-7-21/h4-5,10H,2-3,6-9,11-12H2,1H3. The highest BCUT2D eigenvalue weighted by Gasteiger charge is 2.18. The van der Waals surface area contributed by atoms with Gasteiger partial charge in [0.25, 0.3) is 5.91 Å². The molecule has 1 aromatic carbocycles. The summed E-state index contributed by atoms with van der Waals surface area (Å²) in [6.07, 6.45) is 2.16. The molecule has 2 amide bonds. The van der Waals surface area contributed by atoms with Gasteiger partial charge >= 0.3 is 0 Å². The molecule has 1 fully saturated rings. The van der Waals surface area contributed by atoms with Crippen LogP contribution in [0.3, 0.4) is 0 Å². The molecule has 2 aromatic rings. The maximum absolute atomic E-state index is 12.3. The van der Waals surface area contributed by atoms with Crippen molar-refractivity contribution >= 4 is 61.1 Å². The van der Waals surface area contributed by atoms with E-state index < -0.39 is 0 Å². The monoisotopic (exact) mass is 471 g/mol. The summed E-state index contributed by atoms with van der Waals surface area (Å²) >= 11 is 6.30. The summed E-state index contributed by atoms with van der Waals surface area (Å²) < 4.78 is 9.25. The molecule has 1 aliphatic heterocycles. The molecule has 1 aliphatic rings.